The van der Waals surface area contributed by atoms with Crippen LogP contribution in [0.5, 0.6) is 0 Å². The third-order valence-electron chi connectivity index (χ3n) is 2.83. The normalized spacial score (nSPS) is 9.75. The Labute approximate surface area is 116 Å². The van der Waals surface area contributed by atoms with Crippen molar-refractivity contribution < 1.29 is 4.79 Å². The second-order valence-corrected chi connectivity index (χ2v) is 4.33. The maximum atomic E-state index is 11.4. The van der Waals surface area contributed by atoms with Gasteiger partial charge in [-0.1, -0.05) is 12.1 Å². The van der Waals surface area contributed by atoms with E-state index in [-0.39, 0.29) is 0 Å². The summed E-state index contributed by atoms with van der Waals surface area (Å²) in [5.74, 6) is -0.520. The average Bonchev–Trinajstić information content (AvgIpc) is 2.41. The van der Waals surface area contributed by atoms with Crippen molar-refractivity contribution in [2.24, 2.45) is 5.73 Å². The van der Waals surface area contributed by atoms with Crippen LogP contribution in [0.2, 0.25) is 0 Å². The number of carbonyl (C=O) groups excluding carboxylic acids is 1. The summed E-state index contributed by atoms with van der Waals surface area (Å²) < 4.78 is 0. The summed E-state index contributed by atoms with van der Waals surface area (Å²) in [5, 5.41) is 11.7. The van der Waals surface area contributed by atoms with Crippen LogP contribution in [0.4, 0.5) is 17.1 Å². The van der Waals surface area contributed by atoms with Crippen LogP contribution in [0.15, 0.2) is 42.5 Å². The van der Waals surface area contributed by atoms with E-state index in [4.69, 9.17) is 16.7 Å². The predicted molar refractivity (Wildman–Crippen MR) is 78.4 cm³/mol. The fraction of sp³-hybridized carbons (Fsp3) is 0.0667. The molecule has 0 saturated heterocycles. The molecule has 0 atom stereocenters. The number of hydrogen-bond donors (Lipinski definition) is 3. The maximum Gasteiger partial charge on any atom is 0.250 e. The average molecular weight is 266 g/mol. The van der Waals surface area contributed by atoms with Crippen LogP contribution in [0, 0.1) is 11.3 Å². The molecule has 100 valence electrons. The lowest BCUT2D eigenvalue weighted by atomic mass is 10.1. The maximum absolute atomic E-state index is 11.4. The molecule has 2 aromatic rings. The van der Waals surface area contributed by atoms with Crippen LogP contribution in [0.1, 0.15) is 15.9 Å². The van der Waals surface area contributed by atoms with Crippen molar-refractivity contribution in [1.29, 1.82) is 5.26 Å². The Hall–Kier alpha value is -3.00. The number of benzene rings is 2. The monoisotopic (exact) mass is 266 g/mol. The van der Waals surface area contributed by atoms with Gasteiger partial charge in [0.15, 0.2) is 0 Å². The summed E-state index contributed by atoms with van der Waals surface area (Å²) in [4.78, 5) is 11.4. The highest BCUT2D eigenvalue weighted by molar-refractivity contribution is 5.99. The minimum atomic E-state index is -0.520. The highest BCUT2D eigenvalue weighted by atomic mass is 16.1. The summed E-state index contributed by atoms with van der Waals surface area (Å²) in [6, 6.07) is 14.3. The number of rotatable bonds is 4. The van der Waals surface area contributed by atoms with Crippen molar-refractivity contribution in [3.05, 3.63) is 53.6 Å². The minimum absolute atomic E-state index is 0.366. The van der Waals surface area contributed by atoms with Gasteiger partial charge in [0.25, 0.3) is 5.91 Å². The van der Waals surface area contributed by atoms with Crippen molar-refractivity contribution in [1.82, 2.24) is 0 Å². The fourth-order valence-corrected chi connectivity index (χ4v) is 1.83. The number of hydrogen-bond acceptors (Lipinski definition) is 4. The van der Waals surface area contributed by atoms with Crippen LogP contribution < -0.4 is 16.8 Å². The quantitative estimate of drug-likeness (QED) is 0.737. The van der Waals surface area contributed by atoms with Gasteiger partial charge in [0.1, 0.15) is 0 Å². The molecule has 0 fully saturated rings. The molecule has 0 heterocycles. The number of carbonyl (C=O) groups is 1. The molecule has 2 aromatic carbocycles. The molecular formula is C15H14N4O. The van der Waals surface area contributed by atoms with E-state index in [0.717, 1.165) is 11.3 Å². The second-order valence-electron chi connectivity index (χ2n) is 4.33. The topological polar surface area (TPSA) is 105 Å². The Balaban J connectivity index is 2.27. The van der Waals surface area contributed by atoms with E-state index in [1.165, 1.54) is 0 Å². The van der Waals surface area contributed by atoms with E-state index in [2.05, 4.69) is 11.4 Å². The van der Waals surface area contributed by atoms with Crippen molar-refractivity contribution in [3.8, 4) is 6.07 Å². The largest absolute Gasteiger partial charge is 0.399 e. The van der Waals surface area contributed by atoms with Crippen molar-refractivity contribution in [2.75, 3.05) is 11.1 Å². The Morgan fingerprint density at radius 3 is 2.50 bits per heavy atom. The first-order valence-electron chi connectivity index (χ1n) is 6.02. The Bertz CT molecular complexity index is 671. The number of nitrogens with zero attached hydrogens (tertiary/aromatic N) is 1. The SMILES string of the molecule is N#CCc1ccc(Nc2cc(N)ccc2C(N)=O)cc1. The lowest BCUT2D eigenvalue weighted by Gasteiger charge is -2.11. The van der Waals surface area contributed by atoms with E-state index in [9.17, 15) is 4.79 Å². The van der Waals surface area contributed by atoms with Gasteiger partial charge >= 0.3 is 0 Å². The third-order valence-corrected chi connectivity index (χ3v) is 2.83. The molecule has 0 unspecified atom stereocenters. The number of anilines is 3. The first kappa shape index (κ1) is 13.4. The number of nitriles is 1. The molecule has 0 aliphatic heterocycles. The molecule has 0 bridgehead atoms. The molecule has 0 aliphatic carbocycles. The summed E-state index contributed by atoms with van der Waals surface area (Å²) in [6.07, 6.45) is 0.366. The zero-order valence-corrected chi connectivity index (χ0v) is 10.8. The van der Waals surface area contributed by atoms with Crippen LogP contribution in [0.3, 0.4) is 0 Å². The molecule has 2 rings (SSSR count). The summed E-state index contributed by atoms with van der Waals surface area (Å²) in [6.45, 7) is 0. The van der Waals surface area contributed by atoms with E-state index in [0.29, 0.717) is 23.4 Å². The predicted octanol–water partition coefficient (Wildman–Crippen LogP) is 2.18. The Morgan fingerprint density at radius 1 is 1.20 bits per heavy atom. The van der Waals surface area contributed by atoms with Gasteiger partial charge in [-0.2, -0.15) is 5.26 Å². The zero-order chi connectivity index (χ0) is 14.5. The van der Waals surface area contributed by atoms with Gasteiger partial charge in [0.05, 0.1) is 23.7 Å². The number of nitrogens with one attached hydrogen (secondary N) is 1. The molecule has 0 aromatic heterocycles. The summed E-state index contributed by atoms with van der Waals surface area (Å²) in [7, 11) is 0. The van der Waals surface area contributed by atoms with Gasteiger partial charge in [-0.05, 0) is 35.9 Å². The molecule has 0 spiro atoms. The standard InChI is InChI=1S/C15H14N4O/c16-8-7-10-1-4-12(5-2-10)19-14-9-11(17)3-6-13(14)15(18)20/h1-6,9,19H,7,17H2,(H2,18,20). The van der Waals surface area contributed by atoms with Crippen molar-refractivity contribution in [2.45, 2.75) is 6.42 Å². The highest BCUT2D eigenvalue weighted by Gasteiger charge is 2.08. The summed E-state index contributed by atoms with van der Waals surface area (Å²) >= 11 is 0. The van der Waals surface area contributed by atoms with Gasteiger partial charge in [-0.3, -0.25) is 4.79 Å². The first-order chi connectivity index (χ1) is 9.60. The first-order valence-corrected chi connectivity index (χ1v) is 6.02. The molecule has 1 amide bonds. The third kappa shape index (κ3) is 3.06. The Kier molecular flexibility index (Phi) is 3.87. The van der Waals surface area contributed by atoms with Crippen LogP contribution in [-0.2, 0) is 6.42 Å². The molecule has 20 heavy (non-hydrogen) atoms. The van der Waals surface area contributed by atoms with Crippen LogP contribution in [-0.4, -0.2) is 5.91 Å². The van der Waals surface area contributed by atoms with Gasteiger partial charge in [-0.25, -0.2) is 0 Å². The molecule has 5 N–H and O–H groups in total. The number of nitrogens with two attached hydrogens (primary N) is 2. The second kappa shape index (κ2) is 5.76. The molecule has 0 saturated carbocycles. The van der Waals surface area contributed by atoms with E-state index < -0.39 is 5.91 Å². The highest BCUT2D eigenvalue weighted by Crippen LogP contribution is 2.23. The number of amides is 1. The molecule has 5 heteroatoms. The van der Waals surface area contributed by atoms with Gasteiger partial charge in [0.2, 0.25) is 0 Å². The van der Waals surface area contributed by atoms with Gasteiger partial charge in [0, 0.05) is 11.4 Å². The van der Waals surface area contributed by atoms with Crippen molar-refractivity contribution >= 4 is 23.0 Å². The van der Waals surface area contributed by atoms with Gasteiger partial charge in [-0.15, -0.1) is 0 Å². The van der Waals surface area contributed by atoms with Crippen LogP contribution in [0.25, 0.3) is 0 Å². The van der Waals surface area contributed by atoms with E-state index >= 15 is 0 Å². The lowest BCUT2D eigenvalue weighted by Crippen LogP contribution is -2.13. The number of nitrogen functional groups attached to an aromatic ring is 1. The smallest absolute Gasteiger partial charge is 0.250 e. The fourth-order valence-electron chi connectivity index (χ4n) is 1.83. The molecule has 0 aliphatic rings. The summed E-state index contributed by atoms with van der Waals surface area (Å²) in [5.41, 5.74) is 14.2. The van der Waals surface area contributed by atoms with Crippen molar-refractivity contribution in [3.63, 3.8) is 0 Å². The minimum Gasteiger partial charge on any atom is -0.399 e. The zero-order valence-electron chi connectivity index (χ0n) is 10.8. The molecule has 5 nitrogen and oxygen atoms in total. The molecule has 0 radical (unpaired) electrons. The molecular weight excluding hydrogens is 252 g/mol. The van der Waals surface area contributed by atoms with Crippen LogP contribution >= 0.6 is 0 Å². The van der Waals surface area contributed by atoms with E-state index in [1.54, 1.807) is 18.2 Å². The van der Waals surface area contributed by atoms with E-state index in [1.807, 2.05) is 24.3 Å². The lowest BCUT2D eigenvalue weighted by molar-refractivity contribution is 0.100. The van der Waals surface area contributed by atoms with Gasteiger partial charge < -0.3 is 16.8 Å². The Morgan fingerprint density at radius 2 is 1.90 bits per heavy atom. The number of primary amides is 1.